The van der Waals surface area contributed by atoms with Crippen LogP contribution in [0.5, 0.6) is 0 Å². The molecule has 702 valence electrons. The standard InChI is InChI=1S/C94H171O25P/c1-6-10-14-18-22-25-28-31-34-37-40-43-46-53-60-66-78(97)111-72-76-82(101)84(103)88(107)94(115-76)118-91-89(116-80(99)68-62-56-48-45-42-39-36-33-30-27-24-20-16-12-8-3)85(104)86(105)90(117-93-87(106)83(102)81(100)75(69-95)114-93)92(91)119-120(108,109)112-71-74(113-79(98)67-61-55-47-44-41-38-35-32-29-26-23-19-15-11-7-2)70-110-77(96)65-59-54-50-49-52-58-64-73(5)63-57-51-21-17-13-9-4/h25-30,73-76,81-95,100-107H,6-24,31-72H2,1-5H3,(H,108,109)/b28-25-,29-26-,30-27-. The molecule has 25 nitrogen and oxygen atoms in total. The number of ether oxygens (including phenoxy) is 8. The molecule has 1 saturated carbocycles. The number of phosphoric acid groups is 1. The third-order valence-corrected chi connectivity index (χ3v) is 24.5. The largest absolute Gasteiger partial charge is 0.472 e. The first-order valence-corrected chi connectivity index (χ1v) is 49.6. The Labute approximate surface area is 723 Å². The molecule has 0 aromatic carbocycles. The molecule has 0 radical (unpaired) electrons. The van der Waals surface area contributed by atoms with Crippen LogP contribution >= 0.6 is 7.82 Å². The summed E-state index contributed by atoms with van der Waals surface area (Å²) in [5, 5.41) is 102. The van der Waals surface area contributed by atoms with Gasteiger partial charge in [-0.15, -0.1) is 0 Å². The van der Waals surface area contributed by atoms with E-state index in [2.05, 4.69) is 71.1 Å². The Morgan fingerprint density at radius 2 is 0.675 bits per heavy atom. The monoisotopic (exact) mass is 1730 g/mol. The summed E-state index contributed by atoms with van der Waals surface area (Å²) in [6, 6.07) is 0. The van der Waals surface area contributed by atoms with Crippen molar-refractivity contribution in [1.82, 2.24) is 0 Å². The SMILES string of the molecule is CCCCCC/C=C\CCCCCCCCCC(=O)OCC1OC(OC2C(OC(=O)CCCCCCCCC/C=C\CCCCCC)C(O)C(O)C(OC3OC(CO)C(O)C(O)C3O)C2OP(=O)(O)OCC(COC(=O)CCCCCCCCC(C)CCCCCCCC)OC(=O)CCCCCCCCC/C=C\CCCCCC)C(O)C(O)C1O. The summed E-state index contributed by atoms with van der Waals surface area (Å²) in [6.07, 6.45) is 32.6. The molecule has 19 unspecified atom stereocenters. The van der Waals surface area contributed by atoms with E-state index in [4.69, 9.17) is 46.9 Å². The number of carbonyl (C=O) groups excluding carboxylic acids is 4. The average Bonchev–Trinajstić information content (AvgIpc) is 0.753. The number of hydrogen-bond acceptors (Lipinski definition) is 24. The zero-order valence-corrected chi connectivity index (χ0v) is 75.9. The zero-order valence-electron chi connectivity index (χ0n) is 75.0. The molecule has 0 aromatic rings. The topological polar surface area (TPSA) is 380 Å². The number of aliphatic hydroxyl groups is 9. The minimum atomic E-state index is -5.82. The fourth-order valence-corrected chi connectivity index (χ4v) is 16.7. The number of esters is 4. The number of aliphatic hydroxyl groups excluding tert-OH is 9. The highest BCUT2D eigenvalue weighted by atomic mass is 31.2. The van der Waals surface area contributed by atoms with Crippen LogP contribution in [-0.2, 0) is 70.7 Å². The lowest BCUT2D eigenvalue weighted by molar-refractivity contribution is -0.360. The second-order valence-corrected chi connectivity index (χ2v) is 35.9. The van der Waals surface area contributed by atoms with Crippen LogP contribution in [0, 0.1) is 5.92 Å². The van der Waals surface area contributed by atoms with Crippen molar-refractivity contribution in [2.75, 3.05) is 26.4 Å². The molecule has 0 amide bonds. The Morgan fingerprint density at radius 1 is 0.350 bits per heavy atom. The lowest BCUT2D eigenvalue weighted by atomic mass is 9.84. The van der Waals surface area contributed by atoms with Crippen molar-refractivity contribution in [2.45, 2.75) is 505 Å². The molecule has 120 heavy (non-hydrogen) atoms. The number of hydrogen-bond donors (Lipinski definition) is 10. The molecule has 3 aliphatic rings. The predicted octanol–water partition coefficient (Wildman–Crippen LogP) is 18.1. The van der Waals surface area contributed by atoms with E-state index in [0.29, 0.717) is 44.4 Å². The highest BCUT2D eigenvalue weighted by molar-refractivity contribution is 7.47. The summed E-state index contributed by atoms with van der Waals surface area (Å²) in [6.45, 7) is 7.89. The highest BCUT2D eigenvalue weighted by Crippen LogP contribution is 2.49. The first-order chi connectivity index (χ1) is 58.1. The van der Waals surface area contributed by atoms with Gasteiger partial charge in [0.25, 0.3) is 0 Å². The third-order valence-electron chi connectivity index (χ3n) is 23.5. The van der Waals surface area contributed by atoms with E-state index < -0.39 is 162 Å². The van der Waals surface area contributed by atoms with Crippen LogP contribution in [0.1, 0.15) is 401 Å². The number of allylic oxidation sites excluding steroid dienone is 6. The van der Waals surface area contributed by atoms with E-state index in [1.54, 1.807) is 0 Å². The maximum absolute atomic E-state index is 14.9. The van der Waals surface area contributed by atoms with Crippen LogP contribution in [0.25, 0.3) is 0 Å². The van der Waals surface area contributed by atoms with E-state index in [0.717, 1.165) is 173 Å². The molecule has 3 rings (SSSR count). The van der Waals surface area contributed by atoms with E-state index >= 15 is 0 Å². The van der Waals surface area contributed by atoms with E-state index in [1.165, 1.54) is 128 Å². The molecule has 10 N–H and O–H groups in total. The molecular formula is C94H171O25P. The van der Waals surface area contributed by atoms with Gasteiger partial charge in [-0.25, -0.2) is 4.57 Å². The van der Waals surface area contributed by atoms with Crippen LogP contribution in [0.4, 0.5) is 0 Å². The summed E-state index contributed by atoms with van der Waals surface area (Å²) in [7, 11) is -5.82. The van der Waals surface area contributed by atoms with Crippen LogP contribution < -0.4 is 0 Å². The summed E-state index contributed by atoms with van der Waals surface area (Å²) in [5.74, 6) is -2.29. The first-order valence-electron chi connectivity index (χ1n) is 48.1. The van der Waals surface area contributed by atoms with Gasteiger partial charge in [0.05, 0.1) is 13.2 Å². The van der Waals surface area contributed by atoms with Crippen LogP contribution in [0.2, 0.25) is 0 Å². The second kappa shape index (κ2) is 71.7. The van der Waals surface area contributed by atoms with Crippen molar-refractivity contribution < 1.29 is 122 Å². The summed E-state index contributed by atoms with van der Waals surface area (Å²) in [4.78, 5) is 66.6. The average molecular weight is 1730 g/mol. The van der Waals surface area contributed by atoms with Crippen molar-refractivity contribution in [3.63, 3.8) is 0 Å². The van der Waals surface area contributed by atoms with Gasteiger partial charge in [-0.2, -0.15) is 0 Å². The van der Waals surface area contributed by atoms with Gasteiger partial charge in [0, 0.05) is 25.7 Å². The Kier molecular flexibility index (Phi) is 66.2. The van der Waals surface area contributed by atoms with Crippen LogP contribution in [0.3, 0.4) is 0 Å². The fourth-order valence-electron chi connectivity index (χ4n) is 15.7. The van der Waals surface area contributed by atoms with E-state index in [-0.39, 0.29) is 25.7 Å². The van der Waals surface area contributed by atoms with Gasteiger partial charge in [0.2, 0.25) is 0 Å². The smallest absolute Gasteiger partial charge is 0.463 e. The summed E-state index contributed by atoms with van der Waals surface area (Å²) >= 11 is 0. The molecule has 0 bridgehead atoms. The Bertz CT molecular complexity index is 2650. The number of unbranched alkanes of at least 4 members (excludes halogenated alkanes) is 43. The quantitative estimate of drug-likeness (QED) is 0.00889. The zero-order chi connectivity index (χ0) is 87.6. The summed E-state index contributed by atoms with van der Waals surface area (Å²) in [5.41, 5.74) is 0. The first kappa shape index (κ1) is 111. The highest BCUT2D eigenvalue weighted by Gasteiger charge is 2.60. The fraction of sp³-hybridized carbons (Fsp3) is 0.894. The van der Waals surface area contributed by atoms with Crippen LogP contribution in [0.15, 0.2) is 36.5 Å². The lowest BCUT2D eigenvalue weighted by Crippen LogP contribution is -2.70. The van der Waals surface area contributed by atoms with Crippen molar-refractivity contribution in [1.29, 1.82) is 0 Å². The normalized spacial score (nSPS) is 25.1. The maximum Gasteiger partial charge on any atom is 0.472 e. The lowest BCUT2D eigenvalue weighted by Gasteiger charge is -2.50. The Balaban J connectivity index is 1.92. The van der Waals surface area contributed by atoms with Crippen molar-refractivity contribution in [3.8, 4) is 0 Å². The molecule has 3 fully saturated rings. The van der Waals surface area contributed by atoms with E-state index in [9.17, 15) is 74.6 Å². The Morgan fingerprint density at radius 3 is 1.08 bits per heavy atom. The molecule has 0 spiro atoms. The van der Waals surface area contributed by atoms with Gasteiger partial charge in [-0.3, -0.25) is 28.2 Å². The predicted molar refractivity (Wildman–Crippen MR) is 467 cm³/mol. The molecule has 2 heterocycles. The van der Waals surface area contributed by atoms with Crippen molar-refractivity contribution >= 4 is 31.7 Å². The number of carbonyl (C=O) groups is 4. The second-order valence-electron chi connectivity index (χ2n) is 34.5. The third kappa shape index (κ3) is 51.5. The van der Waals surface area contributed by atoms with E-state index in [1.807, 2.05) is 0 Å². The minimum Gasteiger partial charge on any atom is -0.463 e. The number of rotatable bonds is 77. The molecule has 1 aliphatic carbocycles. The van der Waals surface area contributed by atoms with Crippen molar-refractivity contribution in [3.05, 3.63) is 36.5 Å². The molecule has 0 aromatic heterocycles. The summed E-state index contributed by atoms with van der Waals surface area (Å²) < 4.78 is 73.5. The van der Waals surface area contributed by atoms with Gasteiger partial charge in [0.1, 0.15) is 92.6 Å². The minimum absolute atomic E-state index is 0.00753. The van der Waals surface area contributed by atoms with Gasteiger partial charge >= 0.3 is 31.7 Å². The van der Waals surface area contributed by atoms with Gasteiger partial charge in [-0.1, -0.05) is 309 Å². The molecule has 26 heteroatoms. The Hall–Kier alpha value is -3.31. The van der Waals surface area contributed by atoms with Gasteiger partial charge in [0.15, 0.2) is 24.8 Å². The molecular weight excluding hydrogens is 1560 g/mol. The maximum atomic E-state index is 14.9. The molecule has 2 aliphatic heterocycles. The van der Waals surface area contributed by atoms with Gasteiger partial charge < -0.3 is 88.7 Å². The molecule has 19 atom stereocenters. The van der Waals surface area contributed by atoms with Gasteiger partial charge in [-0.05, 0) is 109 Å². The molecule has 2 saturated heterocycles. The number of phosphoric ester groups is 1. The van der Waals surface area contributed by atoms with Crippen LogP contribution in [-0.4, -0.2) is 205 Å². The van der Waals surface area contributed by atoms with Crippen molar-refractivity contribution in [2.24, 2.45) is 5.92 Å².